The Morgan fingerprint density at radius 3 is 2.23 bits per heavy atom. The Labute approximate surface area is 89.1 Å². The monoisotopic (exact) mass is 238 g/mol. The SMILES string of the molecule is O=S(O)CCc1cc(Cl)cc(Cl)c1. The molecule has 0 radical (unpaired) electrons. The first-order chi connectivity index (χ1) is 6.08. The van der Waals surface area contributed by atoms with Crippen LogP contribution in [0.2, 0.25) is 10.0 Å². The summed E-state index contributed by atoms with van der Waals surface area (Å²) in [4.78, 5) is 0. The van der Waals surface area contributed by atoms with Crippen LogP contribution in [-0.4, -0.2) is 14.5 Å². The molecule has 13 heavy (non-hydrogen) atoms. The van der Waals surface area contributed by atoms with E-state index < -0.39 is 11.1 Å². The van der Waals surface area contributed by atoms with Gasteiger partial charge in [-0.1, -0.05) is 23.2 Å². The standard InChI is InChI=1S/C8H8Cl2O2S/c9-7-3-6(1-2-13(11)12)4-8(10)5-7/h3-5H,1-2H2,(H,11,12). The fourth-order valence-corrected chi connectivity index (χ4v) is 1.94. The largest absolute Gasteiger partial charge is 0.306 e. The van der Waals surface area contributed by atoms with Crippen LogP contribution < -0.4 is 0 Å². The van der Waals surface area contributed by atoms with Gasteiger partial charge in [0.05, 0.1) is 5.75 Å². The number of hydrogen-bond acceptors (Lipinski definition) is 1. The van der Waals surface area contributed by atoms with Crippen LogP contribution in [0.3, 0.4) is 0 Å². The third kappa shape index (κ3) is 4.09. The Kier molecular flexibility index (Phi) is 4.19. The van der Waals surface area contributed by atoms with Crippen LogP contribution in [0, 0.1) is 0 Å². The van der Waals surface area contributed by atoms with E-state index in [1.807, 2.05) is 0 Å². The van der Waals surface area contributed by atoms with E-state index in [-0.39, 0.29) is 5.75 Å². The van der Waals surface area contributed by atoms with E-state index in [1.54, 1.807) is 18.2 Å². The zero-order valence-corrected chi connectivity index (χ0v) is 8.99. The molecule has 1 rings (SSSR count). The average Bonchev–Trinajstić information content (AvgIpc) is 1.99. The molecule has 1 unspecified atom stereocenters. The topological polar surface area (TPSA) is 37.3 Å². The number of aryl methyl sites for hydroxylation is 1. The molecule has 0 amide bonds. The van der Waals surface area contributed by atoms with Crippen LogP contribution in [0.25, 0.3) is 0 Å². The Morgan fingerprint density at radius 2 is 1.77 bits per heavy atom. The van der Waals surface area contributed by atoms with Crippen molar-refractivity contribution in [3.8, 4) is 0 Å². The van der Waals surface area contributed by atoms with Crippen molar-refractivity contribution in [2.45, 2.75) is 6.42 Å². The minimum Gasteiger partial charge on any atom is -0.306 e. The van der Waals surface area contributed by atoms with Gasteiger partial charge in [0.2, 0.25) is 0 Å². The maximum atomic E-state index is 10.4. The summed E-state index contributed by atoms with van der Waals surface area (Å²) in [7, 11) is 0. The zero-order valence-electron chi connectivity index (χ0n) is 6.67. The number of halogens is 2. The van der Waals surface area contributed by atoms with Crippen molar-refractivity contribution < 1.29 is 8.76 Å². The maximum absolute atomic E-state index is 10.4. The van der Waals surface area contributed by atoms with Crippen LogP contribution in [0.5, 0.6) is 0 Å². The Morgan fingerprint density at radius 1 is 1.23 bits per heavy atom. The predicted molar refractivity (Wildman–Crippen MR) is 55.8 cm³/mol. The molecule has 0 aliphatic rings. The summed E-state index contributed by atoms with van der Waals surface area (Å²) in [6, 6.07) is 5.10. The minimum atomic E-state index is -1.77. The van der Waals surface area contributed by atoms with Gasteiger partial charge in [0.25, 0.3) is 0 Å². The summed E-state index contributed by atoms with van der Waals surface area (Å²) >= 11 is 9.72. The Balaban J connectivity index is 2.71. The lowest BCUT2D eigenvalue weighted by Gasteiger charge is -2.00. The number of benzene rings is 1. The summed E-state index contributed by atoms with van der Waals surface area (Å²) in [6.45, 7) is 0. The van der Waals surface area contributed by atoms with E-state index in [1.165, 1.54) is 0 Å². The van der Waals surface area contributed by atoms with Gasteiger partial charge in [-0.3, -0.25) is 0 Å². The third-order valence-electron chi connectivity index (χ3n) is 1.49. The van der Waals surface area contributed by atoms with E-state index in [0.717, 1.165) is 5.56 Å². The smallest absolute Gasteiger partial charge is 0.153 e. The summed E-state index contributed by atoms with van der Waals surface area (Å²) in [5, 5.41) is 1.09. The van der Waals surface area contributed by atoms with Gasteiger partial charge in [-0.05, 0) is 30.2 Å². The highest BCUT2D eigenvalue weighted by Gasteiger charge is 2.00. The lowest BCUT2D eigenvalue weighted by atomic mass is 10.2. The second kappa shape index (κ2) is 4.96. The van der Waals surface area contributed by atoms with E-state index in [2.05, 4.69) is 0 Å². The van der Waals surface area contributed by atoms with Crippen LogP contribution in [0.1, 0.15) is 5.56 Å². The van der Waals surface area contributed by atoms with Gasteiger partial charge in [0, 0.05) is 10.0 Å². The molecular formula is C8H8Cl2O2S. The molecule has 0 saturated heterocycles. The summed E-state index contributed by atoms with van der Waals surface area (Å²) in [6.07, 6.45) is 0.503. The Hall–Kier alpha value is -0.0900. The molecule has 0 aliphatic carbocycles. The molecule has 0 aromatic heterocycles. The van der Waals surface area contributed by atoms with Crippen LogP contribution >= 0.6 is 23.2 Å². The lowest BCUT2D eigenvalue weighted by Crippen LogP contribution is -1.98. The molecule has 1 aromatic carbocycles. The van der Waals surface area contributed by atoms with Crippen molar-refractivity contribution in [3.63, 3.8) is 0 Å². The highest BCUT2D eigenvalue weighted by atomic mass is 35.5. The minimum absolute atomic E-state index is 0.205. The predicted octanol–water partition coefficient (Wildman–Crippen LogP) is 2.76. The molecule has 0 bridgehead atoms. The third-order valence-corrected chi connectivity index (χ3v) is 2.48. The van der Waals surface area contributed by atoms with Crippen molar-refractivity contribution in [2.75, 3.05) is 5.75 Å². The van der Waals surface area contributed by atoms with E-state index in [4.69, 9.17) is 27.8 Å². The normalized spacial score (nSPS) is 12.8. The van der Waals surface area contributed by atoms with Gasteiger partial charge < -0.3 is 4.55 Å². The van der Waals surface area contributed by atoms with Crippen molar-refractivity contribution in [1.82, 2.24) is 0 Å². The molecule has 5 heteroatoms. The fourth-order valence-electron chi connectivity index (χ4n) is 0.960. The number of hydrogen-bond donors (Lipinski definition) is 1. The molecule has 1 aromatic rings. The molecule has 0 fully saturated rings. The van der Waals surface area contributed by atoms with Crippen LogP contribution in [0.15, 0.2) is 18.2 Å². The quantitative estimate of drug-likeness (QED) is 0.823. The molecule has 1 atom stereocenters. The summed E-state index contributed by atoms with van der Waals surface area (Å²) in [5.41, 5.74) is 0.875. The van der Waals surface area contributed by atoms with Gasteiger partial charge in [0.1, 0.15) is 0 Å². The highest BCUT2D eigenvalue weighted by molar-refractivity contribution is 7.79. The molecule has 1 N–H and O–H groups in total. The maximum Gasteiger partial charge on any atom is 0.153 e. The first-order valence-electron chi connectivity index (χ1n) is 3.60. The molecule has 0 aliphatic heterocycles. The first kappa shape index (κ1) is 11.0. The second-order valence-electron chi connectivity index (χ2n) is 2.55. The van der Waals surface area contributed by atoms with E-state index in [9.17, 15) is 4.21 Å². The molecule has 0 heterocycles. The van der Waals surface area contributed by atoms with Crippen molar-refractivity contribution in [3.05, 3.63) is 33.8 Å². The first-order valence-corrected chi connectivity index (χ1v) is 5.63. The molecule has 0 saturated carbocycles. The lowest BCUT2D eigenvalue weighted by molar-refractivity contribution is 0.563. The summed E-state index contributed by atoms with van der Waals surface area (Å²) in [5.74, 6) is 0.205. The van der Waals surface area contributed by atoms with Gasteiger partial charge in [-0.25, -0.2) is 4.21 Å². The van der Waals surface area contributed by atoms with Gasteiger partial charge in [-0.15, -0.1) is 0 Å². The van der Waals surface area contributed by atoms with Crippen molar-refractivity contribution >= 4 is 34.3 Å². The molecule has 0 spiro atoms. The second-order valence-corrected chi connectivity index (χ2v) is 4.48. The van der Waals surface area contributed by atoms with Crippen molar-refractivity contribution in [1.29, 1.82) is 0 Å². The molecular weight excluding hydrogens is 231 g/mol. The number of rotatable bonds is 3. The van der Waals surface area contributed by atoms with Gasteiger partial charge >= 0.3 is 0 Å². The molecule has 2 nitrogen and oxygen atoms in total. The van der Waals surface area contributed by atoms with Crippen molar-refractivity contribution in [2.24, 2.45) is 0 Å². The fraction of sp³-hybridized carbons (Fsp3) is 0.250. The van der Waals surface area contributed by atoms with Gasteiger partial charge in [0.15, 0.2) is 11.1 Å². The van der Waals surface area contributed by atoms with Crippen LogP contribution in [-0.2, 0) is 17.5 Å². The van der Waals surface area contributed by atoms with Crippen LogP contribution in [0.4, 0.5) is 0 Å². The highest BCUT2D eigenvalue weighted by Crippen LogP contribution is 2.19. The van der Waals surface area contributed by atoms with Gasteiger partial charge in [-0.2, -0.15) is 0 Å². The van der Waals surface area contributed by atoms with E-state index >= 15 is 0 Å². The Bertz CT molecular complexity index is 308. The average molecular weight is 239 g/mol. The van der Waals surface area contributed by atoms with E-state index in [0.29, 0.717) is 16.5 Å². The summed E-state index contributed by atoms with van der Waals surface area (Å²) < 4.78 is 18.9. The zero-order chi connectivity index (χ0) is 9.84. The molecule has 72 valence electrons.